The highest BCUT2D eigenvalue weighted by atomic mass is 32.2. The molecular formula is C19H25N3O4S2. The van der Waals surface area contributed by atoms with E-state index in [0.29, 0.717) is 24.7 Å². The lowest BCUT2D eigenvalue weighted by molar-refractivity contribution is -0.122. The molecule has 1 heterocycles. The van der Waals surface area contributed by atoms with E-state index in [1.807, 2.05) is 13.2 Å². The highest BCUT2D eigenvalue weighted by Gasteiger charge is 2.25. The Labute approximate surface area is 170 Å². The van der Waals surface area contributed by atoms with Crippen molar-refractivity contribution in [1.82, 2.24) is 15.0 Å². The van der Waals surface area contributed by atoms with Crippen molar-refractivity contribution in [3.63, 3.8) is 0 Å². The van der Waals surface area contributed by atoms with Crippen molar-refractivity contribution in [3.8, 4) is 5.88 Å². The lowest BCUT2D eigenvalue weighted by Crippen LogP contribution is -2.46. The standard InChI is InChI=1S/C19H25N3O4S2/c1-3-26-18-13-15(9-11-20-18)14-21-19(23)17(10-12-27-2)22-28(24,25)16-7-5-4-6-8-16/h4-9,11,13,17,22H,3,10,12,14H2,1-2H3,(H,21,23). The molecule has 0 aliphatic heterocycles. The fourth-order valence-corrected chi connectivity index (χ4v) is 4.16. The second-order valence-corrected chi connectivity index (χ2v) is 8.62. The molecule has 152 valence electrons. The maximum Gasteiger partial charge on any atom is 0.241 e. The van der Waals surface area contributed by atoms with Crippen molar-refractivity contribution in [2.45, 2.75) is 30.8 Å². The minimum atomic E-state index is -3.78. The van der Waals surface area contributed by atoms with Gasteiger partial charge in [0.25, 0.3) is 0 Å². The van der Waals surface area contributed by atoms with Gasteiger partial charge >= 0.3 is 0 Å². The number of hydrogen-bond acceptors (Lipinski definition) is 6. The van der Waals surface area contributed by atoms with Gasteiger partial charge in [-0.2, -0.15) is 16.5 Å². The predicted octanol–water partition coefficient (Wildman–Crippen LogP) is 2.20. The molecular weight excluding hydrogens is 398 g/mol. The van der Waals surface area contributed by atoms with E-state index < -0.39 is 16.1 Å². The topological polar surface area (TPSA) is 97.4 Å². The van der Waals surface area contributed by atoms with Gasteiger partial charge in [-0.25, -0.2) is 13.4 Å². The Morgan fingerprint density at radius 1 is 1.25 bits per heavy atom. The molecule has 0 saturated heterocycles. The molecule has 0 fully saturated rings. The van der Waals surface area contributed by atoms with Crippen molar-refractivity contribution in [2.75, 3.05) is 18.6 Å². The summed E-state index contributed by atoms with van der Waals surface area (Å²) in [4.78, 5) is 16.9. The summed E-state index contributed by atoms with van der Waals surface area (Å²) in [6, 6.07) is 10.7. The number of carbonyl (C=O) groups excluding carboxylic acids is 1. The summed E-state index contributed by atoms with van der Waals surface area (Å²) in [7, 11) is -3.78. The number of sulfonamides is 1. The second-order valence-electron chi connectivity index (χ2n) is 5.92. The summed E-state index contributed by atoms with van der Waals surface area (Å²) < 4.78 is 33.0. The second kappa shape index (κ2) is 11.0. The van der Waals surface area contributed by atoms with Crippen LogP contribution in [0.15, 0.2) is 53.6 Å². The van der Waals surface area contributed by atoms with Gasteiger partial charge in [0.1, 0.15) is 6.04 Å². The van der Waals surface area contributed by atoms with Crippen LogP contribution in [0.3, 0.4) is 0 Å². The zero-order chi connectivity index (χ0) is 20.4. The van der Waals surface area contributed by atoms with E-state index >= 15 is 0 Å². The zero-order valence-electron chi connectivity index (χ0n) is 15.9. The van der Waals surface area contributed by atoms with Gasteiger partial charge in [0, 0.05) is 18.8 Å². The van der Waals surface area contributed by atoms with Gasteiger partial charge in [-0.3, -0.25) is 4.79 Å². The monoisotopic (exact) mass is 423 g/mol. The molecule has 28 heavy (non-hydrogen) atoms. The average Bonchev–Trinajstić information content (AvgIpc) is 2.70. The Hall–Kier alpha value is -2.10. The Balaban J connectivity index is 2.05. The zero-order valence-corrected chi connectivity index (χ0v) is 17.6. The number of thioether (sulfide) groups is 1. The molecule has 1 unspecified atom stereocenters. The third-order valence-corrected chi connectivity index (χ3v) is 5.97. The number of aromatic nitrogens is 1. The fraction of sp³-hybridized carbons (Fsp3) is 0.368. The van der Waals surface area contributed by atoms with Crippen molar-refractivity contribution in [1.29, 1.82) is 0 Å². The van der Waals surface area contributed by atoms with Gasteiger partial charge in [0.15, 0.2) is 0 Å². The van der Waals surface area contributed by atoms with Crippen molar-refractivity contribution < 1.29 is 17.9 Å². The summed E-state index contributed by atoms with van der Waals surface area (Å²) >= 11 is 1.55. The van der Waals surface area contributed by atoms with Crippen molar-refractivity contribution >= 4 is 27.7 Å². The quantitative estimate of drug-likeness (QED) is 0.575. The Bertz CT molecular complexity index is 860. The van der Waals surface area contributed by atoms with Gasteiger partial charge < -0.3 is 10.1 Å². The van der Waals surface area contributed by atoms with Crippen molar-refractivity contribution in [2.24, 2.45) is 0 Å². The summed E-state index contributed by atoms with van der Waals surface area (Å²) in [6.45, 7) is 2.62. The highest BCUT2D eigenvalue weighted by molar-refractivity contribution is 7.98. The van der Waals surface area contributed by atoms with Crippen LogP contribution in [0.2, 0.25) is 0 Å². The average molecular weight is 424 g/mol. The van der Waals surface area contributed by atoms with E-state index in [1.54, 1.807) is 48.3 Å². The number of hydrogen-bond donors (Lipinski definition) is 2. The first kappa shape index (κ1) is 22.2. The minimum Gasteiger partial charge on any atom is -0.478 e. The van der Waals surface area contributed by atoms with Crippen LogP contribution in [-0.2, 0) is 21.4 Å². The molecule has 0 radical (unpaired) electrons. The third-order valence-electron chi connectivity index (χ3n) is 3.84. The molecule has 7 nitrogen and oxygen atoms in total. The molecule has 2 aromatic rings. The molecule has 2 rings (SSSR count). The fourth-order valence-electron chi connectivity index (χ4n) is 2.43. The van der Waals surface area contributed by atoms with Gasteiger partial charge in [-0.1, -0.05) is 18.2 Å². The highest BCUT2D eigenvalue weighted by Crippen LogP contribution is 2.12. The van der Waals surface area contributed by atoms with Crippen LogP contribution in [0.25, 0.3) is 0 Å². The van der Waals surface area contributed by atoms with Gasteiger partial charge in [-0.15, -0.1) is 0 Å². The molecule has 0 aliphatic rings. The number of ether oxygens (including phenoxy) is 1. The molecule has 0 spiro atoms. The lowest BCUT2D eigenvalue weighted by atomic mass is 10.2. The number of rotatable bonds is 11. The predicted molar refractivity (Wildman–Crippen MR) is 111 cm³/mol. The molecule has 0 bridgehead atoms. The molecule has 1 amide bonds. The molecule has 2 N–H and O–H groups in total. The molecule has 1 atom stereocenters. The Morgan fingerprint density at radius 2 is 2.00 bits per heavy atom. The summed E-state index contributed by atoms with van der Waals surface area (Å²) in [5, 5.41) is 2.79. The number of carbonyl (C=O) groups is 1. The smallest absolute Gasteiger partial charge is 0.241 e. The number of benzene rings is 1. The Kier molecular flexibility index (Phi) is 8.75. The van der Waals surface area contributed by atoms with E-state index in [1.165, 1.54) is 12.1 Å². The van der Waals surface area contributed by atoms with Crippen LogP contribution in [-0.4, -0.2) is 44.0 Å². The normalized spacial score (nSPS) is 12.4. The van der Waals surface area contributed by atoms with Gasteiger partial charge in [-0.05, 0) is 49.1 Å². The van der Waals surface area contributed by atoms with Crippen LogP contribution in [0.4, 0.5) is 0 Å². The summed E-state index contributed by atoms with van der Waals surface area (Å²) in [5.41, 5.74) is 0.821. The van der Waals surface area contributed by atoms with Crippen LogP contribution < -0.4 is 14.8 Å². The SMILES string of the molecule is CCOc1cc(CNC(=O)C(CCSC)NS(=O)(=O)c2ccccc2)ccn1. The van der Waals surface area contributed by atoms with E-state index in [2.05, 4.69) is 15.0 Å². The van der Waals surface area contributed by atoms with E-state index in [4.69, 9.17) is 4.74 Å². The first-order chi connectivity index (χ1) is 13.5. The summed E-state index contributed by atoms with van der Waals surface area (Å²) in [6.07, 6.45) is 3.91. The molecule has 0 aliphatic carbocycles. The van der Waals surface area contributed by atoms with E-state index in [9.17, 15) is 13.2 Å². The first-order valence-corrected chi connectivity index (χ1v) is 11.8. The van der Waals surface area contributed by atoms with Crippen LogP contribution in [0, 0.1) is 0 Å². The lowest BCUT2D eigenvalue weighted by Gasteiger charge is -2.18. The number of nitrogens with zero attached hydrogens (tertiary/aromatic N) is 1. The van der Waals surface area contributed by atoms with Crippen LogP contribution in [0.1, 0.15) is 18.9 Å². The van der Waals surface area contributed by atoms with Gasteiger partial charge in [0.05, 0.1) is 11.5 Å². The maximum atomic E-state index is 12.6. The molecule has 0 saturated carbocycles. The molecule has 1 aromatic heterocycles. The van der Waals surface area contributed by atoms with Crippen molar-refractivity contribution in [3.05, 3.63) is 54.2 Å². The number of nitrogens with one attached hydrogen (secondary N) is 2. The minimum absolute atomic E-state index is 0.132. The molecule has 1 aromatic carbocycles. The third kappa shape index (κ3) is 6.81. The summed E-state index contributed by atoms with van der Waals surface area (Å²) in [5.74, 6) is 0.764. The maximum absolute atomic E-state index is 12.6. The number of pyridine rings is 1. The largest absolute Gasteiger partial charge is 0.478 e. The molecule has 9 heteroatoms. The first-order valence-electron chi connectivity index (χ1n) is 8.88. The number of amides is 1. The van der Waals surface area contributed by atoms with Crippen LogP contribution >= 0.6 is 11.8 Å². The van der Waals surface area contributed by atoms with E-state index in [0.717, 1.165) is 5.56 Å². The Morgan fingerprint density at radius 3 is 2.68 bits per heavy atom. The van der Waals surface area contributed by atoms with Gasteiger partial charge in [0.2, 0.25) is 21.8 Å². The van der Waals surface area contributed by atoms with E-state index in [-0.39, 0.29) is 17.3 Å². The van der Waals surface area contributed by atoms with Crippen LogP contribution in [0.5, 0.6) is 5.88 Å².